The summed E-state index contributed by atoms with van der Waals surface area (Å²) in [6, 6.07) is 7.86. The molecule has 7 heteroatoms. The van der Waals surface area contributed by atoms with Gasteiger partial charge < -0.3 is 14.6 Å². The lowest BCUT2D eigenvalue weighted by Crippen LogP contribution is -2.19. The van der Waals surface area contributed by atoms with Crippen molar-refractivity contribution < 1.29 is 33.4 Å². The lowest BCUT2D eigenvalue weighted by atomic mass is 9.96. The highest BCUT2D eigenvalue weighted by atomic mass is 19.1. The van der Waals surface area contributed by atoms with Crippen molar-refractivity contribution in [3.63, 3.8) is 0 Å². The number of hydrogen-bond acceptors (Lipinski definition) is 5. The van der Waals surface area contributed by atoms with E-state index in [9.17, 15) is 23.9 Å². The highest BCUT2D eigenvalue weighted by Crippen LogP contribution is 2.30. The van der Waals surface area contributed by atoms with Crippen molar-refractivity contribution in [3.8, 4) is 16.9 Å². The van der Waals surface area contributed by atoms with E-state index in [4.69, 9.17) is 9.47 Å². The maximum atomic E-state index is 14.8. The first-order valence-electron chi connectivity index (χ1n) is 11.3. The number of rotatable bonds is 11. The van der Waals surface area contributed by atoms with Gasteiger partial charge in [-0.2, -0.15) is 0 Å². The Kier molecular flexibility index (Phi) is 9.57. The lowest BCUT2D eigenvalue weighted by Gasteiger charge is -2.19. The molecule has 0 heterocycles. The highest BCUT2D eigenvalue weighted by molar-refractivity contribution is 5.97. The Bertz CT molecular complexity index is 996. The Morgan fingerprint density at radius 1 is 1.00 bits per heavy atom. The third-order valence-corrected chi connectivity index (χ3v) is 5.54. The van der Waals surface area contributed by atoms with E-state index >= 15 is 0 Å². The summed E-state index contributed by atoms with van der Waals surface area (Å²) in [6.07, 6.45) is 3.12. The zero-order valence-electron chi connectivity index (χ0n) is 19.5. The van der Waals surface area contributed by atoms with Crippen LogP contribution in [0.4, 0.5) is 4.39 Å². The molecule has 0 saturated heterocycles. The molecule has 0 saturated carbocycles. The molecule has 0 radical (unpaired) electrons. The Labute approximate surface area is 193 Å². The summed E-state index contributed by atoms with van der Waals surface area (Å²) < 4.78 is 25.5. The maximum absolute atomic E-state index is 14.8. The quantitative estimate of drug-likeness (QED) is 0.315. The molecule has 2 aromatic carbocycles. The molecule has 1 N–H and O–H groups in total. The Morgan fingerprint density at radius 3 is 2.24 bits per heavy atom. The maximum Gasteiger partial charge on any atom is 0.341 e. The molecular weight excluding hydrogens is 427 g/mol. The van der Waals surface area contributed by atoms with Gasteiger partial charge in [0.2, 0.25) is 0 Å². The predicted molar refractivity (Wildman–Crippen MR) is 123 cm³/mol. The molecule has 1 atom stereocenters. The van der Waals surface area contributed by atoms with Crippen LogP contribution in [0.5, 0.6) is 5.75 Å². The fourth-order valence-corrected chi connectivity index (χ4v) is 3.63. The monoisotopic (exact) mass is 458 g/mol. The van der Waals surface area contributed by atoms with Crippen LogP contribution in [0.3, 0.4) is 0 Å². The minimum atomic E-state index is -1.21. The first-order chi connectivity index (χ1) is 15.7. The first kappa shape index (κ1) is 26.0. The van der Waals surface area contributed by atoms with Gasteiger partial charge >= 0.3 is 17.9 Å². The standard InChI is InChI=1S/C26H31FO6/c1-5-8-24(28)33-19-10-12-20(25(29)30)22(15-19)18-9-11-21(23(27)14-18)26(31)32-16(4)13-17(6-2)7-3/h9-12,14-17H,5-8,13H2,1-4H3,(H,29,30)/t16-/m1/s1. The molecule has 0 aliphatic rings. The van der Waals surface area contributed by atoms with Crippen LogP contribution in [0.25, 0.3) is 11.1 Å². The van der Waals surface area contributed by atoms with E-state index in [-0.39, 0.29) is 40.5 Å². The molecule has 0 bridgehead atoms. The van der Waals surface area contributed by atoms with Crippen molar-refractivity contribution in [1.82, 2.24) is 0 Å². The number of carboxylic acids is 1. The van der Waals surface area contributed by atoms with E-state index in [1.165, 1.54) is 30.3 Å². The van der Waals surface area contributed by atoms with Crippen molar-refractivity contribution in [1.29, 1.82) is 0 Å². The molecule has 0 unspecified atom stereocenters. The molecular formula is C26H31FO6. The van der Waals surface area contributed by atoms with Gasteiger partial charge in [0, 0.05) is 6.42 Å². The number of carbonyl (C=O) groups excluding carboxylic acids is 2. The second-order valence-corrected chi connectivity index (χ2v) is 8.07. The van der Waals surface area contributed by atoms with Crippen LogP contribution in [0.2, 0.25) is 0 Å². The smallest absolute Gasteiger partial charge is 0.341 e. The van der Waals surface area contributed by atoms with Crippen molar-refractivity contribution in [3.05, 3.63) is 53.3 Å². The number of aromatic carboxylic acids is 1. The average molecular weight is 459 g/mol. The molecule has 6 nitrogen and oxygen atoms in total. The van der Waals surface area contributed by atoms with Gasteiger partial charge in [-0.15, -0.1) is 0 Å². The largest absolute Gasteiger partial charge is 0.478 e. The van der Waals surface area contributed by atoms with Gasteiger partial charge in [0.05, 0.1) is 17.2 Å². The summed E-state index contributed by atoms with van der Waals surface area (Å²) in [7, 11) is 0. The second kappa shape index (κ2) is 12.1. The minimum absolute atomic E-state index is 0.0844. The fraction of sp³-hybridized carbons (Fsp3) is 0.423. The minimum Gasteiger partial charge on any atom is -0.478 e. The number of halogens is 1. The predicted octanol–water partition coefficient (Wildman–Crippen LogP) is 6.27. The van der Waals surface area contributed by atoms with Crippen molar-refractivity contribution in [2.24, 2.45) is 5.92 Å². The number of benzene rings is 2. The van der Waals surface area contributed by atoms with E-state index < -0.39 is 23.7 Å². The normalized spacial score (nSPS) is 11.8. The zero-order valence-corrected chi connectivity index (χ0v) is 19.5. The molecule has 2 aromatic rings. The third kappa shape index (κ3) is 7.14. The van der Waals surface area contributed by atoms with E-state index in [1.807, 2.05) is 6.92 Å². The van der Waals surface area contributed by atoms with Crippen LogP contribution in [-0.4, -0.2) is 29.1 Å². The van der Waals surface area contributed by atoms with Crippen LogP contribution >= 0.6 is 0 Å². The Hall–Kier alpha value is -3.22. The van der Waals surface area contributed by atoms with Gasteiger partial charge in [0.15, 0.2) is 0 Å². The van der Waals surface area contributed by atoms with Gasteiger partial charge in [-0.25, -0.2) is 14.0 Å². The molecule has 0 fully saturated rings. The molecule has 178 valence electrons. The summed E-state index contributed by atoms with van der Waals surface area (Å²) in [6.45, 7) is 7.77. The number of carbonyl (C=O) groups is 3. The molecule has 2 rings (SSSR count). The Morgan fingerprint density at radius 2 is 1.67 bits per heavy atom. The van der Waals surface area contributed by atoms with E-state index in [2.05, 4.69) is 13.8 Å². The van der Waals surface area contributed by atoms with Gasteiger partial charge in [0.25, 0.3) is 0 Å². The second-order valence-electron chi connectivity index (χ2n) is 8.07. The van der Waals surface area contributed by atoms with Crippen molar-refractivity contribution >= 4 is 17.9 Å². The van der Waals surface area contributed by atoms with Gasteiger partial charge in [0.1, 0.15) is 11.6 Å². The van der Waals surface area contributed by atoms with E-state index in [1.54, 1.807) is 6.92 Å². The molecule has 0 amide bonds. The fourth-order valence-electron chi connectivity index (χ4n) is 3.63. The SMILES string of the molecule is CCCC(=O)Oc1ccc(C(=O)O)c(-c2ccc(C(=O)O[C@H](C)CC(CC)CC)c(F)c2)c1. The molecule has 0 aliphatic carbocycles. The summed E-state index contributed by atoms with van der Waals surface area (Å²) in [5.41, 5.74) is 0.0986. The van der Waals surface area contributed by atoms with Gasteiger partial charge in [-0.05, 0) is 67.1 Å². The van der Waals surface area contributed by atoms with E-state index in [0.29, 0.717) is 18.8 Å². The summed E-state index contributed by atoms with van der Waals surface area (Å²) in [4.78, 5) is 36.0. The molecule has 0 aliphatic heterocycles. The molecule has 33 heavy (non-hydrogen) atoms. The Balaban J connectivity index is 2.29. The average Bonchev–Trinajstić information content (AvgIpc) is 2.77. The summed E-state index contributed by atoms with van der Waals surface area (Å²) in [5, 5.41) is 9.53. The number of hydrogen-bond donors (Lipinski definition) is 1. The van der Waals surface area contributed by atoms with Crippen LogP contribution < -0.4 is 4.74 Å². The van der Waals surface area contributed by atoms with Crippen LogP contribution in [-0.2, 0) is 9.53 Å². The first-order valence-corrected chi connectivity index (χ1v) is 11.3. The van der Waals surface area contributed by atoms with Crippen LogP contribution in [0.1, 0.15) is 80.5 Å². The molecule has 0 aromatic heterocycles. The van der Waals surface area contributed by atoms with Gasteiger partial charge in [-0.1, -0.05) is 39.7 Å². The lowest BCUT2D eigenvalue weighted by molar-refractivity contribution is -0.134. The summed E-state index contributed by atoms with van der Waals surface area (Å²) in [5.74, 6) is -2.66. The van der Waals surface area contributed by atoms with Gasteiger partial charge in [-0.3, -0.25) is 4.79 Å². The number of carboxylic acid groups (broad SMARTS) is 1. The topological polar surface area (TPSA) is 89.9 Å². The van der Waals surface area contributed by atoms with E-state index in [0.717, 1.165) is 18.9 Å². The zero-order chi connectivity index (χ0) is 24.5. The highest BCUT2D eigenvalue weighted by Gasteiger charge is 2.21. The number of esters is 2. The van der Waals surface area contributed by atoms with Crippen LogP contribution in [0.15, 0.2) is 36.4 Å². The summed E-state index contributed by atoms with van der Waals surface area (Å²) >= 11 is 0. The third-order valence-electron chi connectivity index (χ3n) is 5.54. The van der Waals surface area contributed by atoms with Crippen molar-refractivity contribution in [2.75, 3.05) is 0 Å². The van der Waals surface area contributed by atoms with Crippen molar-refractivity contribution in [2.45, 2.75) is 65.9 Å². The van der Waals surface area contributed by atoms with Crippen LogP contribution in [0, 0.1) is 11.7 Å². The molecule has 0 spiro atoms. The number of ether oxygens (including phenoxy) is 2.